The minimum atomic E-state index is 0.170. The highest BCUT2D eigenvalue weighted by Gasteiger charge is 2.16. The molecule has 4 rings (SSSR count). The maximum atomic E-state index is 13.1. The van der Waals surface area contributed by atoms with Crippen LogP contribution in [0.1, 0.15) is 44.6 Å². The van der Waals surface area contributed by atoms with Gasteiger partial charge in [0.1, 0.15) is 0 Å². The molecule has 0 fully saturated rings. The highest BCUT2D eigenvalue weighted by atomic mass is 16.2. The highest BCUT2D eigenvalue weighted by Crippen LogP contribution is 2.30. The lowest BCUT2D eigenvalue weighted by molar-refractivity contribution is -0.118. The molecule has 1 N–H and O–H groups in total. The summed E-state index contributed by atoms with van der Waals surface area (Å²) < 4.78 is 0. The van der Waals surface area contributed by atoms with Crippen LogP contribution in [0, 0.1) is 0 Å². The molecule has 33 heavy (non-hydrogen) atoms. The number of para-hydroxylation sites is 1. The fourth-order valence-electron chi connectivity index (χ4n) is 3.95. The van der Waals surface area contributed by atoms with Crippen LogP contribution in [0.25, 0.3) is 22.5 Å². The second-order valence-electron chi connectivity index (χ2n) is 8.10. The van der Waals surface area contributed by atoms with E-state index < -0.39 is 0 Å². The van der Waals surface area contributed by atoms with E-state index >= 15 is 0 Å². The molecule has 0 aliphatic heterocycles. The molecule has 1 aromatic heterocycles. The van der Waals surface area contributed by atoms with Crippen molar-refractivity contribution >= 4 is 11.6 Å². The number of hydrogen-bond acceptors (Lipinski definition) is 4. The Labute approximate surface area is 194 Å². The van der Waals surface area contributed by atoms with Crippen molar-refractivity contribution in [3.8, 4) is 22.5 Å². The van der Waals surface area contributed by atoms with Crippen molar-refractivity contribution in [2.24, 2.45) is 0 Å². The lowest BCUT2D eigenvalue weighted by atomic mass is 9.98. The first-order chi connectivity index (χ1) is 16.3. The summed E-state index contributed by atoms with van der Waals surface area (Å²) >= 11 is 0. The van der Waals surface area contributed by atoms with E-state index in [2.05, 4.69) is 57.9 Å². The zero-order valence-electron chi connectivity index (χ0n) is 18.9. The van der Waals surface area contributed by atoms with Crippen LogP contribution in [-0.4, -0.2) is 26.5 Å². The van der Waals surface area contributed by atoms with Gasteiger partial charge < -0.3 is 4.90 Å². The lowest BCUT2D eigenvalue weighted by Gasteiger charge is -2.23. The van der Waals surface area contributed by atoms with E-state index in [1.165, 1.54) is 12.8 Å². The molecule has 0 radical (unpaired) electrons. The van der Waals surface area contributed by atoms with E-state index in [1.54, 1.807) is 0 Å². The van der Waals surface area contributed by atoms with Crippen LogP contribution in [0.4, 0.5) is 5.69 Å². The van der Waals surface area contributed by atoms with Gasteiger partial charge in [-0.25, -0.2) is 0 Å². The van der Waals surface area contributed by atoms with Crippen LogP contribution in [0.2, 0.25) is 0 Å². The van der Waals surface area contributed by atoms with Crippen LogP contribution >= 0.6 is 0 Å². The number of aromatic nitrogens is 4. The van der Waals surface area contributed by atoms with Gasteiger partial charge in [0.2, 0.25) is 11.7 Å². The van der Waals surface area contributed by atoms with E-state index in [1.807, 2.05) is 53.4 Å². The van der Waals surface area contributed by atoms with Gasteiger partial charge in [-0.2, -0.15) is 5.21 Å². The summed E-state index contributed by atoms with van der Waals surface area (Å²) in [5, 5.41) is 14.5. The molecule has 0 unspecified atom stereocenters. The first-order valence-electron chi connectivity index (χ1n) is 11.5. The van der Waals surface area contributed by atoms with Gasteiger partial charge in [-0.15, -0.1) is 10.2 Å². The predicted octanol–water partition coefficient (Wildman–Crippen LogP) is 6.04. The van der Waals surface area contributed by atoms with Gasteiger partial charge in [-0.1, -0.05) is 92.9 Å². The van der Waals surface area contributed by atoms with E-state index in [9.17, 15) is 4.79 Å². The summed E-state index contributed by atoms with van der Waals surface area (Å²) in [5.41, 5.74) is 5.05. The summed E-state index contributed by atoms with van der Waals surface area (Å²) in [7, 11) is 0. The predicted molar refractivity (Wildman–Crippen MR) is 131 cm³/mol. The quantitative estimate of drug-likeness (QED) is 0.306. The van der Waals surface area contributed by atoms with Crippen molar-refractivity contribution in [1.29, 1.82) is 0 Å². The Morgan fingerprint density at radius 3 is 2.27 bits per heavy atom. The van der Waals surface area contributed by atoms with Crippen molar-refractivity contribution < 1.29 is 4.79 Å². The monoisotopic (exact) mass is 439 g/mol. The second kappa shape index (κ2) is 11.2. The van der Waals surface area contributed by atoms with Gasteiger partial charge in [-0.3, -0.25) is 4.79 Å². The minimum Gasteiger partial charge on any atom is -0.308 e. The van der Waals surface area contributed by atoms with Crippen LogP contribution in [0.5, 0.6) is 0 Å². The van der Waals surface area contributed by atoms with E-state index in [0.29, 0.717) is 18.8 Å². The fourth-order valence-corrected chi connectivity index (χ4v) is 3.95. The summed E-state index contributed by atoms with van der Waals surface area (Å²) in [6.45, 7) is 2.73. The van der Waals surface area contributed by atoms with Crippen molar-refractivity contribution in [3.05, 3.63) is 84.4 Å². The third-order valence-corrected chi connectivity index (χ3v) is 5.73. The van der Waals surface area contributed by atoms with Crippen molar-refractivity contribution in [3.63, 3.8) is 0 Å². The molecule has 4 aromatic rings. The summed E-state index contributed by atoms with van der Waals surface area (Å²) in [4.78, 5) is 15.0. The molecule has 6 heteroatoms. The molecule has 0 bridgehead atoms. The second-order valence-corrected chi connectivity index (χ2v) is 8.10. The van der Waals surface area contributed by atoms with E-state index in [-0.39, 0.29) is 5.91 Å². The first kappa shape index (κ1) is 22.4. The van der Waals surface area contributed by atoms with Crippen LogP contribution < -0.4 is 4.90 Å². The Morgan fingerprint density at radius 1 is 0.848 bits per heavy atom. The van der Waals surface area contributed by atoms with Crippen molar-refractivity contribution in [2.75, 3.05) is 4.90 Å². The van der Waals surface area contributed by atoms with E-state index in [4.69, 9.17) is 0 Å². The third-order valence-electron chi connectivity index (χ3n) is 5.73. The van der Waals surface area contributed by atoms with Crippen molar-refractivity contribution in [1.82, 2.24) is 20.6 Å². The number of nitrogens with one attached hydrogen (secondary N) is 1. The number of H-pyrrole nitrogens is 1. The largest absolute Gasteiger partial charge is 0.308 e. The van der Waals surface area contributed by atoms with Gasteiger partial charge in [0.15, 0.2) is 0 Å². The summed E-state index contributed by atoms with van der Waals surface area (Å²) in [6, 6.07) is 26.3. The Morgan fingerprint density at radius 2 is 1.58 bits per heavy atom. The Balaban J connectivity index is 1.53. The number of anilines is 1. The zero-order chi connectivity index (χ0) is 22.9. The van der Waals surface area contributed by atoms with Gasteiger partial charge in [0.25, 0.3) is 0 Å². The summed E-state index contributed by atoms with van der Waals surface area (Å²) in [5.74, 6) is 0.738. The summed E-state index contributed by atoms with van der Waals surface area (Å²) in [6.07, 6.45) is 4.94. The molecule has 0 atom stereocenters. The number of nitrogens with zero attached hydrogens (tertiary/aromatic N) is 4. The molecule has 3 aromatic carbocycles. The number of hydrogen-bond donors (Lipinski definition) is 1. The number of carbonyl (C=O) groups is 1. The fraction of sp³-hybridized carbons (Fsp3) is 0.259. The standard InChI is InChI=1S/C27H29N5O/c1-2-3-4-8-15-26(33)32(23-11-6-5-7-12-23)20-21-16-18-22(19-17-21)24-13-9-10-14-25(24)27-28-30-31-29-27/h5-7,9-14,16-19H,2-4,8,15,20H2,1H3,(H,28,29,30,31). The SMILES string of the molecule is CCCCCCC(=O)N(Cc1ccc(-c2ccccc2-c2nn[nH]n2)cc1)c1ccccc1. The molecule has 6 nitrogen and oxygen atoms in total. The number of rotatable bonds is 10. The molecule has 0 spiro atoms. The number of unbranched alkanes of at least 4 members (excludes halogenated alkanes) is 3. The molecular weight excluding hydrogens is 410 g/mol. The normalized spacial score (nSPS) is 10.8. The Bertz CT molecular complexity index is 1140. The molecule has 168 valence electrons. The zero-order valence-corrected chi connectivity index (χ0v) is 18.9. The Hall–Kier alpha value is -3.80. The lowest BCUT2D eigenvalue weighted by Crippen LogP contribution is -2.30. The van der Waals surface area contributed by atoms with Crippen LogP contribution in [0.15, 0.2) is 78.9 Å². The molecule has 0 aliphatic carbocycles. The number of tetrazole rings is 1. The van der Waals surface area contributed by atoms with Gasteiger partial charge >= 0.3 is 0 Å². The molecule has 0 saturated carbocycles. The topological polar surface area (TPSA) is 74.8 Å². The van der Waals surface area contributed by atoms with Gasteiger partial charge in [-0.05, 0) is 40.5 Å². The number of carbonyl (C=O) groups excluding carboxylic acids is 1. The molecule has 0 aliphatic rings. The average molecular weight is 440 g/mol. The number of benzene rings is 3. The Kier molecular flexibility index (Phi) is 7.59. The maximum Gasteiger partial charge on any atom is 0.227 e. The number of amides is 1. The smallest absolute Gasteiger partial charge is 0.227 e. The molecular formula is C27H29N5O. The molecule has 1 amide bonds. The highest BCUT2D eigenvalue weighted by molar-refractivity contribution is 5.93. The van der Waals surface area contributed by atoms with E-state index in [0.717, 1.165) is 40.8 Å². The van der Waals surface area contributed by atoms with Crippen molar-refractivity contribution in [2.45, 2.75) is 45.6 Å². The molecule has 1 heterocycles. The average Bonchev–Trinajstić information content (AvgIpc) is 3.41. The maximum absolute atomic E-state index is 13.1. The number of aromatic amines is 1. The molecule has 0 saturated heterocycles. The minimum absolute atomic E-state index is 0.170. The van der Waals surface area contributed by atoms with Crippen LogP contribution in [0.3, 0.4) is 0 Å². The third kappa shape index (κ3) is 5.71. The first-order valence-corrected chi connectivity index (χ1v) is 11.5. The van der Waals surface area contributed by atoms with Gasteiger partial charge in [0, 0.05) is 17.7 Å². The van der Waals surface area contributed by atoms with Crippen LogP contribution in [-0.2, 0) is 11.3 Å². The van der Waals surface area contributed by atoms with Gasteiger partial charge in [0.05, 0.1) is 6.54 Å².